The van der Waals surface area contributed by atoms with E-state index in [0.717, 1.165) is 17.2 Å². The van der Waals surface area contributed by atoms with Crippen molar-refractivity contribution in [3.63, 3.8) is 0 Å². The number of nitrogens with one attached hydrogen (secondary N) is 4. The molecule has 7 N–H and O–H groups in total. The molecule has 0 unspecified atom stereocenters. The van der Waals surface area contributed by atoms with Gasteiger partial charge < -0.3 is 26.2 Å². The zero-order valence-corrected chi connectivity index (χ0v) is 22.1. The number of esters is 1. The number of sulfonamides is 1. The zero-order chi connectivity index (χ0) is 27.6. The fourth-order valence-electron chi connectivity index (χ4n) is 3.41. The molecule has 2 aromatic rings. The fourth-order valence-corrected chi connectivity index (χ4v) is 4.56. The number of rotatable bonds is 14. The molecule has 2 aromatic carbocycles. The normalized spacial score (nSPS) is 11.2. The van der Waals surface area contributed by atoms with Crippen LogP contribution in [0.2, 0.25) is 0 Å². The molecule has 12 heteroatoms. The number of aromatic hydroxyl groups is 1. The standard InChI is InChI=1S/C25H35N5O6S/c1-4-36-24(33)10-11-28-23(32)15-29-20-13-18(16(2)3)6-5-17(20)9-12-30-37(34,35)22-14-19(25(26)27)7-8-21(22)31/h5-8,13-14,16,29-31H,4,9-12,15H2,1-3H3,(H3,26,27)(H,28,32). The third-order valence-corrected chi connectivity index (χ3v) is 6.93. The third kappa shape index (κ3) is 9.07. The number of ether oxygens (including phenoxy) is 1. The Morgan fingerprint density at radius 3 is 2.51 bits per heavy atom. The lowest BCUT2D eigenvalue weighted by atomic mass is 9.99. The van der Waals surface area contributed by atoms with Crippen LogP contribution in [-0.2, 0) is 30.8 Å². The van der Waals surface area contributed by atoms with Crippen LogP contribution in [0.15, 0.2) is 41.3 Å². The van der Waals surface area contributed by atoms with Gasteiger partial charge in [0.15, 0.2) is 0 Å². The molecule has 0 aromatic heterocycles. The van der Waals surface area contributed by atoms with Crippen molar-refractivity contribution in [2.75, 3.05) is 31.6 Å². The van der Waals surface area contributed by atoms with Crippen molar-refractivity contribution in [2.24, 2.45) is 5.73 Å². The van der Waals surface area contributed by atoms with E-state index < -0.39 is 15.8 Å². The first kappa shape index (κ1) is 29.6. The smallest absolute Gasteiger partial charge is 0.307 e. The Hall–Kier alpha value is -3.64. The highest BCUT2D eigenvalue weighted by molar-refractivity contribution is 7.89. The van der Waals surface area contributed by atoms with Crippen molar-refractivity contribution < 1.29 is 27.9 Å². The van der Waals surface area contributed by atoms with Crippen molar-refractivity contribution >= 4 is 33.4 Å². The van der Waals surface area contributed by atoms with Gasteiger partial charge in [-0.15, -0.1) is 0 Å². The highest BCUT2D eigenvalue weighted by Crippen LogP contribution is 2.25. The van der Waals surface area contributed by atoms with Gasteiger partial charge in [0.2, 0.25) is 15.9 Å². The molecular formula is C25H35N5O6S. The van der Waals surface area contributed by atoms with Gasteiger partial charge in [-0.3, -0.25) is 15.0 Å². The predicted octanol–water partition coefficient (Wildman–Crippen LogP) is 1.80. The van der Waals surface area contributed by atoms with Crippen molar-refractivity contribution in [1.29, 1.82) is 5.41 Å². The van der Waals surface area contributed by atoms with Gasteiger partial charge in [0, 0.05) is 24.3 Å². The number of benzene rings is 2. The van der Waals surface area contributed by atoms with E-state index in [9.17, 15) is 23.1 Å². The Balaban J connectivity index is 2.06. The first-order chi connectivity index (χ1) is 17.4. The number of phenolic OH excluding ortho intramolecular Hbond substituents is 1. The number of amides is 1. The number of nitrogen functional groups attached to an aromatic ring is 1. The van der Waals surface area contributed by atoms with Crippen LogP contribution in [0.1, 0.15) is 49.8 Å². The summed E-state index contributed by atoms with van der Waals surface area (Å²) >= 11 is 0. The van der Waals surface area contributed by atoms with Crippen LogP contribution in [0.3, 0.4) is 0 Å². The molecule has 0 atom stereocenters. The zero-order valence-electron chi connectivity index (χ0n) is 21.3. The average molecular weight is 534 g/mol. The average Bonchev–Trinajstić information content (AvgIpc) is 2.83. The summed E-state index contributed by atoms with van der Waals surface area (Å²) in [6, 6.07) is 9.42. The lowest BCUT2D eigenvalue weighted by Gasteiger charge is -2.16. The van der Waals surface area contributed by atoms with Gasteiger partial charge in [-0.2, -0.15) is 0 Å². The second-order valence-electron chi connectivity index (χ2n) is 8.57. The molecule has 37 heavy (non-hydrogen) atoms. The summed E-state index contributed by atoms with van der Waals surface area (Å²) in [7, 11) is -4.07. The maximum Gasteiger partial charge on any atom is 0.307 e. The molecule has 11 nitrogen and oxygen atoms in total. The van der Waals surface area contributed by atoms with E-state index in [4.69, 9.17) is 15.9 Å². The number of hydrogen-bond acceptors (Lipinski definition) is 8. The molecule has 0 radical (unpaired) electrons. The Morgan fingerprint density at radius 1 is 1.14 bits per heavy atom. The summed E-state index contributed by atoms with van der Waals surface area (Å²) in [5, 5.41) is 23.3. The summed E-state index contributed by atoms with van der Waals surface area (Å²) in [5.74, 6) is -1.21. The van der Waals surface area contributed by atoms with E-state index in [-0.39, 0.29) is 66.8 Å². The van der Waals surface area contributed by atoms with E-state index >= 15 is 0 Å². The Labute approximate surface area is 217 Å². The summed E-state index contributed by atoms with van der Waals surface area (Å²) in [4.78, 5) is 23.3. The summed E-state index contributed by atoms with van der Waals surface area (Å²) in [6.45, 7) is 6.23. The number of carbonyl (C=O) groups excluding carboxylic acids is 2. The van der Waals surface area contributed by atoms with Crippen molar-refractivity contribution in [3.05, 3.63) is 53.1 Å². The molecule has 0 saturated carbocycles. The highest BCUT2D eigenvalue weighted by Gasteiger charge is 2.20. The van der Waals surface area contributed by atoms with E-state index in [1.54, 1.807) is 6.92 Å². The monoisotopic (exact) mass is 533 g/mol. The first-order valence-corrected chi connectivity index (χ1v) is 13.4. The molecule has 0 aliphatic heterocycles. The number of amidine groups is 1. The van der Waals surface area contributed by atoms with Gasteiger partial charge in [-0.05, 0) is 54.7 Å². The first-order valence-electron chi connectivity index (χ1n) is 11.9. The SMILES string of the molecule is CCOC(=O)CCNC(=O)CNc1cc(C(C)C)ccc1CCNS(=O)(=O)c1cc(C(=N)N)ccc1O. The molecule has 0 spiro atoms. The molecular weight excluding hydrogens is 498 g/mol. The van der Waals surface area contributed by atoms with Crippen LogP contribution in [0, 0.1) is 5.41 Å². The quantitative estimate of drug-likeness (QED) is 0.121. The summed E-state index contributed by atoms with van der Waals surface area (Å²) in [5.41, 5.74) is 8.12. The predicted molar refractivity (Wildman–Crippen MR) is 141 cm³/mol. The second-order valence-corrected chi connectivity index (χ2v) is 10.3. The molecule has 0 bridgehead atoms. The van der Waals surface area contributed by atoms with Gasteiger partial charge in [0.25, 0.3) is 0 Å². The molecule has 2 rings (SSSR count). The van der Waals surface area contributed by atoms with Crippen LogP contribution in [0.5, 0.6) is 5.75 Å². The van der Waals surface area contributed by atoms with E-state index in [1.807, 2.05) is 32.0 Å². The van der Waals surface area contributed by atoms with Gasteiger partial charge in [-0.1, -0.05) is 26.0 Å². The van der Waals surface area contributed by atoms with Crippen LogP contribution in [0.4, 0.5) is 5.69 Å². The van der Waals surface area contributed by atoms with Gasteiger partial charge in [0.1, 0.15) is 16.5 Å². The summed E-state index contributed by atoms with van der Waals surface area (Å²) < 4.78 is 32.8. The topological polar surface area (TPSA) is 184 Å². The fraction of sp³-hybridized carbons (Fsp3) is 0.400. The molecule has 1 amide bonds. The number of phenols is 1. The number of carbonyl (C=O) groups is 2. The molecule has 0 heterocycles. The largest absolute Gasteiger partial charge is 0.507 e. The minimum absolute atomic E-state index is 0.0213. The number of hydrogen-bond donors (Lipinski definition) is 6. The number of nitrogens with two attached hydrogens (primary N) is 1. The third-order valence-electron chi connectivity index (χ3n) is 5.44. The van der Waals surface area contributed by atoms with E-state index in [0.29, 0.717) is 12.1 Å². The summed E-state index contributed by atoms with van der Waals surface area (Å²) in [6.07, 6.45) is 0.385. The second kappa shape index (κ2) is 13.6. The lowest BCUT2D eigenvalue weighted by Crippen LogP contribution is -2.32. The molecule has 0 aliphatic carbocycles. The Kier molecular flexibility index (Phi) is 10.9. The highest BCUT2D eigenvalue weighted by atomic mass is 32.2. The number of anilines is 1. The van der Waals surface area contributed by atoms with Crippen LogP contribution in [0.25, 0.3) is 0 Å². The molecule has 202 valence electrons. The van der Waals surface area contributed by atoms with Crippen molar-refractivity contribution in [1.82, 2.24) is 10.0 Å². The lowest BCUT2D eigenvalue weighted by molar-refractivity contribution is -0.143. The van der Waals surface area contributed by atoms with Gasteiger partial charge in [-0.25, -0.2) is 13.1 Å². The van der Waals surface area contributed by atoms with E-state index in [1.165, 1.54) is 12.1 Å². The van der Waals surface area contributed by atoms with E-state index in [2.05, 4.69) is 15.4 Å². The van der Waals surface area contributed by atoms with Crippen LogP contribution < -0.4 is 21.1 Å². The minimum Gasteiger partial charge on any atom is -0.507 e. The van der Waals surface area contributed by atoms with Crippen LogP contribution >= 0.6 is 0 Å². The van der Waals surface area contributed by atoms with Crippen LogP contribution in [-0.4, -0.2) is 57.5 Å². The van der Waals surface area contributed by atoms with Gasteiger partial charge in [0.05, 0.1) is 19.6 Å². The van der Waals surface area contributed by atoms with Crippen molar-refractivity contribution in [3.8, 4) is 5.75 Å². The maximum absolute atomic E-state index is 12.8. The molecule has 0 aliphatic rings. The van der Waals surface area contributed by atoms with Gasteiger partial charge >= 0.3 is 5.97 Å². The maximum atomic E-state index is 12.8. The Bertz CT molecular complexity index is 1230. The van der Waals surface area contributed by atoms with Crippen molar-refractivity contribution in [2.45, 2.75) is 44.4 Å². The molecule has 0 fully saturated rings. The Morgan fingerprint density at radius 2 is 1.86 bits per heavy atom. The molecule has 0 saturated heterocycles. The minimum atomic E-state index is -4.07.